The molecule has 0 saturated heterocycles. The summed E-state index contributed by atoms with van der Waals surface area (Å²) in [7, 11) is 4.06. The number of aryl methyl sites for hydroxylation is 2. The first-order valence-corrected chi connectivity index (χ1v) is 13.2. The Balaban J connectivity index is 1.50. The maximum atomic E-state index is 13.2. The van der Waals surface area contributed by atoms with Crippen LogP contribution in [0.5, 0.6) is 11.5 Å². The van der Waals surface area contributed by atoms with Gasteiger partial charge in [0.25, 0.3) is 0 Å². The molecule has 4 aromatic carbocycles. The van der Waals surface area contributed by atoms with Gasteiger partial charge in [-0.1, -0.05) is 43.2 Å². The average molecular weight is 505 g/mol. The molecule has 0 saturated carbocycles. The van der Waals surface area contributed by atoms with Gasteiger partial charge in [0.1, 0.15) is 11.5 Å². The fraction of sp³-hybridized carbons (Fsp3) is 0.242. The van der Waals surface area contributed by atoms with E-state index in [0.29, 0.717) is 11.3 Å². The summed E-state index contributed by atoms with van der Waals surface area (Å²) in [5.41, 5.74) is 7.45. The molecule has 0 radical (unpaired) electrons. The van der Waals surface area contributed by atoms with Crippen molar-refractivity contribution >= 4 is 23.0 Å². The molecule has 1 N–H and O–H groups in total. The number of anilines is 3. The number of carbonyl (C=O) groups is 1. The van der Waals surface area contributed by atoms with Gasteiger partial charge in [0.2, 0.25) is 0 Å². The first-order chi connectivity index (χ1) is 18.4. The molecule has 5 nitrogen and oxygen atoms in total. The highest BCUT2D eigenvalue weighted by Crippen LogP contribution is 2.57. The number of nitrogens with one attached hydrogen (secondary N) is 1. The van der Waals surface area contributed by atoms with Gasteiger partial charge in [-0.25, -0.2) is 4.79 Å². The first kappa shape index (κ1) is 24.1. The van der Waals surface area contributed by atoms with E-state index in [9.17, 15) is 4.79 Å². The van der Waals surface area contributed by atoms with Crippen molar-refractivity contribution in [1.29, 1.82) is 0 Å². The minimum atomic E-state index is -1.05. The number of nitrogens with zero attached hydrogens (tertiary/aromatic N) is 1. The van der Waals surface area contributed by atoms with E-state index in [1.165, 1.54) is 0 Å². The number of hydrogen-bond donors (Lipinski definition) is 1. The molecule has 0 aromatic heterocycles. The van der Waals surface area contributed by atoms with Crippen molar-refractivity contribution in [2.24, 2.45) is 0 Å². The van der Waals surface area contributed by atoms with Crippen LogP contribution < -0.4 is 15.0 Å². The second kappa shape index (κ2) is 9.25. The summed E-state index contributed by atoms with van der Waals surface area (Å²) in [5.74, 6) is 1.19. The van der Waals surface area contributed by atoms with Crippen molar-refractivity contribution in [2.45, 2.75) is 38.7 Å². The highest BCUT2D eigenvalue weighted by atomic mass is 16.6. The largest absolute Gasteiger partial charge is 0.456 e. The third-order valence-electron chi connectivity index (χ3n) is 7.51. The smallest absolute Gasteiger partial charge is 0.340 e. The van der Waals surface area contributed by atoms with Crippen molar-refractivity contribution in [1.82, 2.24) is 0 Å². The molecule has 0 aliphatic carbocycles. The van der Waals surface area contributed by atoms with E-state index in [1.54, 1.807) is 0 Å². The fourth-order valence-electron chi connectivity index (χ4n) is 5.64. The van der Waals surface area contributed by atoms with Crippen LogP contribution in [0.2, 0.25) is 0 Å². The highest BCUT2D eigenvalue weighted by Gasteiger charge is 2.53. The Labute approximate surface area is 224 Å². The van der Waals surface area contributed by atoms with E-state index in [0.717, 1.165) is 69.9 Å². The Bertz CT molecular complexity index is 1540. The lowest BCUT2D eigenvalue weighted by atomic mass is 9.76. The van der Waals surface area contributed by atoms with Gasteiger partial charge in [-0.3, -0.25) is 0 Å². The van der Waals surface area contributed by atoms with E-state index < -0.39 is 5.60 Å². The monoisotopic (exact) mass is 504 g/mol. The number of benzene rings is 4. The molecule has 0 bridgehead atoms. The van der Waals surface area contributed by atoms with Crippen LogP contribution in [-0.2, 0) is 16.8 Å². The Morgan fingerprint density at radius 2 is 1.63 bits per heavy atom. The second-order valence-corrected chi connectivity index (χ2v) is 10.4. The highest BCUT2D eigenvalue weighted by molar-refractivity contribution is 5.97. The van der Waals surface area contributed by atoms with Crippen molar-refractivity contribution in [3.63, 3.8) is 0 Å². The van der Waals surface area contributed by atoms with Gasteiger partial charge in [0, 0.05) is 53.9 Å². The van der Waals surface area contributed by atoms with Gasteiger partial charge < -0.3 is 19.7 Å². The lowest BCUT2D eigenvalue weighted by Gasteiger charge is -2.38. The third-order valence-corrected chi connectivity index (χ3v) is 7.51. The van der Waals surface area contributed by atoms with Crippen LogP contribution in [-0.4, -0.2) is 20.1 Å². The van der Waals surface area contributed by atoms with E-state index in [4.69, 9.17) is 9.47 Å². The second-order valence-electron chi connectivity index (χ2n) is 10.4. The molecule has 1 unspecified atom stereocenters. The topological polar surface area (TPSA) is 50.8 Å². The maximum absolute atomic E-state index is 13.2. The van der Waals surface area contributed by atoms with Gasteiger partial charge in [-0.05, 0) is 73.9 Å². The summed E-state index contributed by atoms with van der Waals surface area (Å²) in [6.07, 6.45) is 3.04. The van der Waals surface area contributed by atoms with Crippen LogP contribution in [0, 0.1) is 6.92 Å². The quantitative estimate of drug-likeness (QED) is 0.273. The molecule has 2 heterocycles. The molecular weight excluding hydrogens is 472 g/mol. The molecule has 1 atom stereocenters. The molecule has 1 spiro atoms. The summed E-state index contributed by atoms with van der Waals surface area (Å²) in [4.78, 5) is 15.3. The Hall–Kier alpha value is -4.25. The molecule has 192 valence electrons. The summed E-state index contributed by atoms with van der Waals surface area (Å²) in [5, 5.41) is 3.50. The van der Waals surface area contributed by atoms with Gasteiger partial charge in [0.15, 0.2) is 5.60 Å². The summed E-state index contributed by atoms with van der Waals surface area (Å²) < 4.78 is 13.1. The summed E-state index contributed by atoms with van der Waals surface area (Å²) >= 11 is 0. The minimum Gasteiger partial charge on any atom is -0.456 e. The Morgan fingerprint density at radius 1 is 0.868 bits per heavy atom. The molecule has 0 fully saturated rings. The molecule has 6 rings (SSSR count). The number of hydrogen-bond acceptors (Lipinski definition) is 5. The maximum Gasteiger partial charge on any atom is 0.340 e. The lowest BCUT2D eigenvalue weighted by Crippen LogP contribution is -2.33. The SMILES string of the molecule is CCCCc1cc(C)cc2c1Oc1cc(Nc3ccc(N(C)C)cc3)ccc1C21OC(=O)c2ccccc21. The van der Waals surface area contributed by atoms with Crippen molar-refractivity contribution in [3.05, 3.63) is 112 Å². The molecule has 4 aromatic rings. The number of unbranched alkanes of at least 4 members (excludes halogenated alkanes) is 1. The van der Waals surface area contributed by atoms with E-state index in [-0.39, 0.29) is 5.97 Å². The predicted molar refractivity (Wildman–Crippen MR) is 152 cm³/mol. The van der Waals surface area contributed by atoms with Crippen LogP contribution in [0.1, 0.15) is 57.9 Å². The van der Waals surface area contributed by atoms with E-state index >= 15 is 0 Å². The first-order valence-electron chi connectivity index (χ1n) is 13.2. The van der Waals surface area contributed by atoms with Gasteiger partial charge in [0.05, 0.1) is 5.56 Å². The summed E-state index contributed by atoms with van der Waals surface area (Å²) in [6.45, 7) is 4.29. The van der Waals surface area contributed by atoms with E-state index in [2.05, 4.69) is 60.5 Å². The van der Waals surface area contributed by atoms with Crippen LogP contribution in [0.25, 0.3) is 0 Å². The number of carbonyl (C=O) groups excluding carboxylic acids is 1. The standard InChI is InChI=1S/C33H32N2O3/c1-5-6-9-22-18-21(2)19-29-31(22)37-30-20-24(34-23-12-15-25(16-13-23)35(3)4)14-17-28(30)33(29)27-11-8-7-10-26(27)32(36)38-33/h7-8,10-20,34H,5-6,9H2,1-4H3. The lowest BCUT2D eigenvalue weighted by molar-refractivity contribution is 0.0223. The molecule has 0 amide bonds. The Morgan fingerprint density at radius 3 is 2.39 bits per heavy atom. The minimum absolute atomic E-state index is 0.306. The zero-order valence-electron chi connectivity index (χ0n) is 22.3. The van der Waals surface area contributed by atoms with Gasteiger partial charge in [-0.2, -0.15) is 0 Å². The van der Waals surface area contributed by atoms with Crippen LogP contribution in [0.15, 0.2) is 78.9 Å². The van der Waals surface area contributed by atoms with Gasteiger partial charge >= 0.3 is 5.97 Å². The van der Waals surface area contributed by atoms with Crippen LogP contribution in [0.3, 0.4) is 0 Å². The molecule has 5 heteroatoms. The third kappa shape index (κ3) is 3.81. The van der Waals surface area contributed by atoms with Crippen LogP contribution >= 0.6 is 0 Å². The average Bonchev–Trinajstić information content (AvgIpc) is 3.21. The number of rotatable bonds is 6. The predicted octanol–water partition coefficient (Wildman–Crippen LogP) is 7.72. The van der Waals surface area contributed by atoms with Crippen molar-refractivity contribution in [3.8, 4) is 11.5 Å². The van der Waals surface area contributed by atoms with E-state index in [1.807, 2.05) is 56.6 Å². The van der Waals surface area contributed by atoms with Crippen molar-refractivity contribution < 1.29 is 14.3 Å². The molecule has 2 aliphatic heterocycles. The Kier molecular flexibility index (Phi) is 5.87. The number of fused-ring (bicyclic) bond motifs is 6. The van der Waals surface area contributed by atoms with Crippen molar-refractivity contribution in [2.75, 3.05) is 24.3 Å². The normalized spacial score (nSPS) is 16.8. The molecular formula is C33H32N2O3. The number of esters is 1. The zero-order chi connectivity index (χ0) is 26.4. The number of ether oxygens (including phenoxy) is 2. The molecule has 2 aliphatic rings. The van der Waals surface area contributed by atoms with Gasteiger partial charge in [-0.15, -0.1) is 0 Å². The van der Waals surface area contributed by atoms with Crippen LogP contribution in [0.4, 0.5) is 17.1 Å². The summed E-state index contributed by atoms with van der Waals surface area (Å²) in [6, 6.07) is 26.4. The molecule has 38 heavy (non-hydrogen) atoms. The fourth-order valence-corrected chi connectivity index (χ4v) is 5.64. The zero-order valence-corrected chi connectivity index (χ0v) is 22.3.